The summed E-state index contributed by atoms with van der Waals surface area (Å²) < 4.78 is 0. The normalized spacial score (nSPS) is 11.7. The molecule has 0 saturated heterocycles. The van der Waals surface area contributed by atoms with Crippen LogP contribution in [-0.4, -0.2) is 24.2 Å². The van der Waals surface area contributed by atoms with Crippen molar-refractivity contribution in [1.82, 2.24) is 10.9 Å². The number of hydrogen-bond donors (Lipinski definition) is 2. The van der Waals surface area contributed by atoms with Crippen molar-refractivity contribution in [3.05, 3.63) is 0 Å². The number of nitrogens with one attached hydrogen (secondary N) is 2. The van der Waals surface area contributed by atoms with Gasteiger partial charge in [0.2, 0.25) is 11.8 Å². The Hall–Kier alpha value is -1.72. The fourth-order valence-corrected chi connectivity index (χ4v) is 1.38. The van der Waals surface area contributed by atoms with E-state index in [1.165, 1.54) is 0 Å². The summed E-state index contributed by atoms with van der Waals surface area (Å²) in [5.74, 6) is 0.472. The van der Waals surface area contributed by atoms with Crippen LogP contribution in [0.3, 0.4) is 0 Å². The zero-order chi connectivity index (χ0) is 16.1. The highest BCUT2D eigenvalue weighted by Crippen LogP contribution is 2.03. The monoisotopic (exact) mass is 296 g/mol. The van der Waals surface area contributed by atoms with Crippen molar-refractivity contribution in [1.29, 1.82) is 0 Å². The maximum absolute atomic E-state index is 11.4. The third kappa shape index (κ3) is 14.5. The van der Waals surface area contributed by atoms with Gasteiger partial charge in [-0.3, -0.25) is 9.59 Å². The van der Waals surface area contributed by atoms with Gasteiger partial charge in [-0.05, 0) is 24.7 Å². The van der Waals surface area contributed by atoms with Gasteiger partial charge in [-0.15, -0.1) is 0 Å². The van der Waals surface area contributed by atoms with E-state index < -0.39 is 0 Å². The van der Waals surface area contributed by atoms with Crippen LogP contribution in [0.1, 0.15) is 59.8 Å². The van der Waals surface area contributed by atoms with E-state index >= 15 is 0 Å². The fraction of sp³-hybridized carbons (Fsp3) is 0.733. The Morgan fingerprint density at radius 2 is 1.19 bits per heavy atom. The van der Waals surface area contributed by atoms with E-state index in [1.54, 1.807) is 12.4 Å². The molecule has 2 N–H and O–H groups in total. The second kappa shape index (κ2) is 12.1. The molecule has 0 aromatic carbocycles. The molecular weight excluding hydrogens is 268 g/mol. The first-order chi connectivity index (χ1) is 9.91. The Morgan fingerprint density at radius 3 is 1.52 bits per heavy atom. The highest BCUT2D eigenvalue weighted by atomic mass is 16.2. The van der Waals surface area contributed by atoms with Gasteiger partial charge in [0, 0.05) is 25.3 Å². The molecule has 0 rings (SSSR count). The third-order valence-corrected chi connectivity index (χ3v) is 2.43. The predicted molar refractivity (Wildman–Crippen MR) is 86.0 cm³/mol. The van der Waals surface area contributed by atoms with Crippen LogP contribution in [0.15, 0.2) is 10.2 Å². The molecule has 0 saturated carbocycles. The summed E-state index contributed by atoms with van der Waals surface area (Å²) in [7, 11) is 0. The summed E-state index contributed by atoms with van der Waals surface area (Å²) in [6.45, 7) is 7.97. The Morgan fingerprint density at radius 1 is 0.810 bits per heavy atom. The highest BCUT2D eigenvalue weighted by molar-refractivity contribution is 5.77. The number of carbonyl (C=O) groups excluding carboxylic acids is 2. The van der Waals surface area contributed by atoms with Crippen LogP contribution in [0.2, 0.25) is 0 Å². The van der Waals surface area contributed by atoms with E-state index in [-0.39, 0.29) is 11.8 Å². The van der Waals surface area contributed by atoms with E-state index in [4.69, 9.17) is 0 Å². The summed E-state index contributed by atoms with van der Waals surface area (Å²) in [4.78, 5) is 22.8. The quantitative estimate of drug-likeness (QED) is 0.369. The molecule has 120 valence electrons. The zero-order valence-electron chi connectivity index (χ0n) is 13.6. The molecule has 0 aromatic heterocycles. The molecule has 0 spiro atoms. The number of rotatable bonds is 10. The lowest BCUT2D eigenvalue weighted by Gasteiger charge is -2.02. The molecule has 0 aliphatic rings. The van der Waals surface area contributed by atoms with Gasteiger partial charge in [-0.1, -0.05) is 34.1 Å². The predicted octanol–water partition coefficient (Wildman–Crippen LogP) is 2.45. The molecule has 0 aliphatic carbocycles. The first-order valence-electron chi connectivity index (χ1n) is 7.56. The summed E-state index contributed by atoms with van der Waals surface area (Å²) in [6, 6.07) is 0. The van der Waals surface area contributed by atoms with Crippen molar-refractivity contribution in [3.63, 3.8) is 0 Å². The van der Waals surface area contributed by atoms with E-state index in [2.05, 4.69) is 21.1 Å². The van der Waals surface area contributed by atoms with E-state index in [1.807, 2.05) is 27.7 Å². The van der Waals surface area contributed by atoms with Crippen LogP contribution in [0, 0.1) is 11.8 Å². The van der Waals surface area contributed by atoms with E-state index in [0.717, 1.165) is 19.3 Å². The Balaban J connectivity index is 3.55. The van der Waals surface area contributed by atoms with Gasteiger partial charge in [0.15, 0.2) is 0 Å². The van der Waals surface area contributed by atoms with Crippen LogP contribution in [0.5, 0.6) is 0 Å². The lowest BCUT2D eigenvalue weighted by atomic mass is 10.1. The second-order valence-electron chi connectivity index (χ2n) is 5.67. The molecule has 0 heterocycles. The van der Waals surface area contributed by atoms with Crippen molar-refractivity contribution in [2.75, 3.05) is 0 Å². The fourth-order valence-electron chi connectivity index (χ4n) is 1.38. The number of hydrazone groups is 2. The lowest BCUT2D eigenvalue weighted by molar-refractivity contribution is -0.121. The number of hydrogen-bond acceptors (Lipinski definition) is 4. The Bertz CT molecular complexity index is 329. The van der Waals surface area contributed by atoms with Gasteiger partial charge in [-0.25, -0.2) is 10.9 Å². The number of amides is 2. The molecule has 0 aromatic rings. The number of nitrogens with zero attached hydrogens (tertiary/aromatic N) is 2. The van der Waals surface area contributed by atoms with Gasteiger partial charge < -0.3 is 0 Å². The van der Waals surface area contributed by atoms with Gasteiger partial charge in [0.25, 0.3) is 0 Å². The third-order valence-electron chi connectivity index (χ3n) is 2.43. The van der Waals surface area contributed by atoms with E-state index in [9.17, 15) is 9.59 Å². The Labute approximate surface area is 127 Å². The van der Waals surface area contributed by atoms with Gasteiger partial charge in [-0.2, -0.15) is 10.2 Å². The first-order valence-corrected chi connectivity index (χ1v) is 7.56. The molecule has 6 heteroatoms. The zero-order valence-corrected chi connectivity index (χ0v) is 13.6. The van der Waals surface area contributed by atoms with Crippen LogP contribution in [0.4, 0.5) is 0 Å². The van der Waals surface area contributed by atoms with Gasteiger partial charge in [0.1, 0.15) is 0 Å². The minimum atomic E-state index is -0.0853. The molecule has 0 radical (unpaired) electrons. The van der Waals surface area contributed by atoms with Crippen LogP contribution < -0.4 is 10.9 Å². The summed E-state index contributed by atoms with van der Waals surface area (Å²) in [5.41, 5.74) is 4.97. The topological polar surface area (TPSA) is 82.9 Å². The van der Waals surface area contributed by atoms with Crippen LogP contribution in [0.25, 0.3) is 0 Å². The van der Waals surface area contributed by atoms with Crippen molar-refractivity contribution in [2.45, 2.75) is 59.8 Å². The largest absolute Gasteiger partial charge is 0.273 e. The molecule has 0 fully saturated rings. The molecule has 0 bridgehead atoms. The average Bonchev–Trinajstić information content (AvgIpc) is 2.37. The second-order valence-corrected chi connectivity index (χ2v) is 5.67. The Kier molecular flexibility index (Phi) is 11.1. The van der Waals surface area contributed by atoms with Crippen molar-refractivity contribution >= 4 is 24.2 Å². The number of carbonyl (C=O) groups is 2. The molecule has 2 amide bonds. The summed E-state index contributed by atoms with van der Waals surface area (Å²) in [5, 5.41) is 7.68. The minimum absolute atomic E-state index is 0.0853. The van der Waals surface area contributed by atoms with E-state index in [0.29, 0.717) is 24.7 Å². The molecule has 0 atom stereocenters. The minimum Gasteiger partial charge on any atom is -0.273 e. The van der Waals surface area contributed by atoms with Crippen LogP contribution >= 0.6 is 0 Å². The SMILES string of the molecule is CC(C)/C=N/NC(=O)CCCCCC(=O)N/N=C/C(C)C. The molecular formula is C15H28N4O2. The average molecular weight is 296 g/mol. The summed E-state index contributed by atoms with van der Waals surface area (Å²) in [6.07, 6.45) is 6.60. The maximum atomic E-state index is 11.4. The van der Waals surface area contributed by atoms with Gasteiger partial charge >= 0.3 is 0 Å². The van der Waals surface area contributed by atoms with Crippen molar-refractivity contribution in [2.24, 2.45) is 22.0 Å². The van der Waals surface area contributed by atoms with Gasteiger partial charge in [0.05, 0.1) is 0 Å². The summed E-state index contributed by atoms with van der Waals surface area (Å²) >= 11 is 0. The van der Waals surface area contributed by atoms with Crippen molar-refractivity contribution < 1.29 is 9.59 Å². The molecule has 0 aliphatic heterocycles. The lowest BCUT2D eigenvalue weighted by Crippen LogP contribution is -2.18. The van der Waals surface area contributed by atoms with Crippen molar-refractivity contribution in [3.8, 4) is 0 Å². The smallest absolute Gasteiger partial charge is 0.240 e. The first kappa shape index (κ1) is 19.3. The number of unbranched alkanes of at least 4 members (excludes halogenated alkanes) is 2. The maximum Gasteiger partial charge on any atom is 0.240 e. The molecule has 0 unspecified atom stereocenters. The van der Waals surface area contributed by atoms with Crippen LogP contribution in [-0.2, 0) is 9.59 Å². The standard InChI is InChI=1S/C15H28N4O2/c1-12(2)10-16-18-14(20)8-6-5-7-9-15(21)19-17-11-13(3)4/h10-13H,5-9H2,1-4H3,(H,18,20)(H,19,21)/b16-10+,17-11+. The molecule has 6 nitrogen and oxygen atoms in total. The highest BCUT2D eigenvalue weighted by Gasteiger charge is 2.02. The molecule has 21 heavy (non-hydrogen) atoms.